The molecule has 2 amide bonds. The van der Waals surface area contributed by atoms with Crippen LogP contribution in [0.3, 0.4) is 0 Å². The molecule has 2 atom stereocenters. The summed E-state index contributed by atoms with van der Waals surface area (Å²) in [6, 6.07) is 2.56. The molecule has 1 saturated heterocycles. The van der Waals surface area contributed by atoms with Crippen molar-refractivity contribution in [2.45, 2.75) is 31.5 Å². The Labute approximate surface area is 190 Å². The van der Waals surface area contributed by atoms with Crippen LogP contribution in [0.2, 0.25) is 0 Å². The quantitative estimate of drug-likeness (QED) is 0.373. The number of hydrogen-bond donors (Lipinski definition) is 1. The van der Waals surface area contributed by atoms with Crippen molar-refractivity contribution < 1.29 is 35.6 Å². The Hall–Kier alpha value is -2.71. The van der Waals surface area contributed by atoms with Gasteiger partial charge in [-0.15, -0.1) is 0 Å². The number of nitrogens with zero attached hydrogens (tertiary/aromatic N) is 3. The number of likely N-dealkylation sites (N-methyl/N-ethyl adjacent to an activating group) is 1. The Balaban J connectivity index is 1.86. The number of hydrogen-bond acceptors (Lipinski definition) is 8. The van der Waals surface area contributed by atoms with E-state index < -0.39 is 60.4 Å². The van der Waals surface area contributed by atoms with Crippen molar-refractivity contribution in [1.29, 1.82) is 0 Å². The Morgan fingerprint density at radius 3 is 2.45 bits per heavy atom. The van der Waals surface area contributed by atoms with Crippen LogP contribution in [-0.2, 0) is 40.8 Å². The van der Waals surface area contributed by atoms with E-state index >= 15 is 0 Å². The number of piperidine rings is 1. The molecule has 14 heteroatoms. The van der Waals surface area contributed by atoms with Gasteiger partial charge in [-0.1, -0.05) is 12.1 Å². The molecule has 2 heterocycles. The van der Waals surface area contributed by atoms with E-state index in [1.807, 2.05) is 0 Å². The molecule has 1 fully saturated rings. The highest BCUT2D eigenvalue weighted by Crippen LogP contribution is 2.25. The molecular weight excluding hydrogens is 479 g/mol. The second-order valence-electron chi connectivity index (χ2n) is 7.88. The molecule has 1 aromatic rings. The van der Waals surface area contributed by atoms with Gasteiger partial charge in [-0.25, -0.2) is 26.2 Å². The van der Waals surface area contributed by atoms with E-state index in [-0.39, 0.29) is 25.3 Å². The number of rotatable bonds is 7. The highest BCUT2D eigenvalue weighted by Gasteiger charge is 2.46. The van der Waals surface area contributed by atoms with E-state index in [2.05, 4.69) is 10.3 Å². The predicted octanol–water partition coefficient (Wildman–Crippen LogP) is -0.954. The van der Waals surface area contributed by atoms with Crippen LogP contribution in [0, 0.1) is 5.82 Å². The summed E-state index contributed by atoms with van der Waals surface area (Å²) in [6.07, 6.45) is 1.36. The number of nitrogens with one attached hydrogen (secondary N) is 1. The molecule has 180 valence electrons. The molecule has 1 aromatic carbocycles. The Kier molecular flexibility index (Phi) is 7.00. The van der Waals surface area contributed by atoms with Gasteiger partial charge >= 0.3 is 0 Å². The van der Waals surface area contributed by atoms with E-state index in [1.54, 1.807) is 0 Å². The molecule has 0 aromatic heterocycles. The summed E-state index contributed by atoms with van der Waals surface area (Å²) < 4.78 is 62.1. The number of carbonyl (C=O) groups is 3. The van der Waals surface area contributed by atoms with Gasteiger partial charge in [-0.05, 0) is 30.5 Å². The number of benzene rings is 1. The minimum absolute atomic E-state index is 0.0439. The first kappa shape index (κ1) is 24.9. The van der Waals surface area contributed by atoms with Crippen LogP contribution in [0.25, 0.3) is 0 Å². The lowest BCUT2D eigenvalue weighted by atomic mass is 9.99. The summed E-state index contributed by atoms with van der Waals surface area (Å²) >= 11 is 0. The summed E-state index contributed by atoms with van der Waals surface area (Å²) in [5, 5.41) is 1.34. The first-order valence-corrected chi connectivity index (χ1v) is 13.6. The summed E-state index contributed by atoms with van der Waals surface area (Å²) in [5.41, 5.74) is 0.552. The number of sulfonamides is 1. The number of halogens is 1. The van der Waals surface area contributed by atoms with Crippen molar-refractivity contribution in [3.05, 3.63) is 35.6 Å². The van der Waals surface area contributed by atoms with E-state index in [4.69, 9.17) is 0 Å². The molecule has 11 nitrogen and oxygen atoms in total. The number of carbonyl (C=O) groups excluding carboxylic acids is 3. The van der Waals surface area contributed by atoms with E-state index in [9.17, 15) is 35.6 Å². The largest absolute Gasteiger partial charge is 0.350 e. The molecule has 0 saturated carbocycles. The molecule has 1 N–H and O–H groups in total. The minimum atomic E-state index is -4.28. The molecule has 0 spiro atoms. The van der Waals surface area contributed by atoms with E-state index in [1.165, 1.54) is 31.3 Å². The summed E-state index contributed by atoms with van der Waals surface area (Å²) in [7, 11) is -6.97. The fraction of sp³-hybridized carbons (Fsp3) is 0.474. The number of Topliss-reactive ketones (excluding diaryl/α,β-unsaturated/α-hetero) is 1. The highest BCUT2D eigenvalue weighted by atomic mass is 32.3. The number of amides is 2. The Morgan fingerprint density at radius 1 is 1.21 bits per heavy atom. The van der Waals surface area contributed by atoms with Crippen LogP contribution in [0.4, 0.5) is 4.39 Å². The number of sulfone groups is 1. The van der Waals surface area contributed by atoms with Gasteiger partial charge in [-0.2, -0.15) is 4.31 Å². The van der Waals surface area contributed by atoms with Crippen molar-refractivity contribution in [3.8, 4) is 0 Å². The molecule has 0 radical (unpaired) electrons. The second kappa shape index (κ2) is 9.27. The van der Waals surface area contributed by atoms with Crippen molar-refractivity contribution >= 4 is 43.3 Å². The molecular formula is C19H23FN4O7S2. The maximum atomic E-state index is 13.0. The van der Waals surface area contributed by atoms with Gasteiger partial charge in [-0.3, -0.25) is 19.3 Å². The average molecular weight is 503 g/mol. The van der Waals surface area contributed by atoms with Gasteiger partial charge in [0.2, 0.25) is 10.0 Å². The van der Waals surface area contributed by atoms with Gasteiger partial charge < -0.3 is 5.32 Å². The molecule has 33 heavy (non-hydrogen) atoms. The summed E-state index contributed by atoms with van der Waals surface area (Å²) in [6.45, 7) is 0.0709. The molecule has 2 unspecified atom stereocenters. The van der Waals surface area contributed by atoms with Crippen LogP contribution in [0.1, 0.15) is 18.4 Å². The average Bonchev–Trinajstić information content (AvgIpc) is 2.73. The van der Waals surface area contributed by atoms with E-state index in [0.29, 0.717) is 12.0 Å². The number of ketones is 1. The molecule has 2 aliphatic heterocycles. The van der Waals surface area contributed by atoms with Crippen molar-refractivity contribution in [1.82, 2.24) is 14.5 Å². The highest BCUT2D eigenvalue weighted by molar-refractivity contribution is 8.06. The van der Waals surface area contributed by atoms with Crippen LogP contribution in [0.15, 0.2) is 29.3 Å². The fourth-order valence-electron chi connectivity index (χ4n) is 3.63. The lowest BCUT2D eigenvalue weighted by Gasteiger charge is -2.40. The maximum Gasteiger partial charge on any atom is 0.298 e. The van der Waals surface area contributed by atoms with Gasteiger partial charge in [0.25, 0.3) is 17.6 Å². The third kappa shape index (κ3) is 5.62. The van der Waals surface area contributed by atoms with Crippen LogP contribution in [-0.4, -0.2) is 86.5 Å². The Morgan fingerprint density at radius 2 is 1.85 bits per heavy atom. The third-order valence-corrected chi connectivity index (χ3v) is 9.30. The standard InChI is InChI=1S/C19H23FN4O7S2/c1-23(33(30,31)11-32(2,28)29)14-4-3-9-24-17(14)22-15(16(25)19(24)27)18(26)21-10-12-5-7-13(20)8-6-12/h5-8,14-15H,3-4,9-11H2,1-2H3,(H,21,26). The summed E-state index contributed by atoms with van der Waals surface area (Å²) in [4.78, 5) is 42.9. The summed E-state index contributed by atoms with van der Waals surface area (Å²) in [5.74, 6) is -3.44. The third-order valence-electron chi connectivity index (χ3n) is 5.27. The topological polar surface area (TPSA) is 150 Å². The Bertz CT molecular complexity index is 1210. The van der Waals surface area contributed by atoms with Crippen LogP contribution < -0.4 is 5.32 Å². The molecule has 2 aliphatic rings. The first-order chi connectivity index (χ1) is 15.3. The molecule has 0 bridgehead atoms. The van der Waals surface area contributed by atoms with Crippen LogP contribution >= 0.6 is 0 Å². The van der Waals surface area contributed by atoms with Crippen LogP contribution in [0.5, 0.6) is 0 Å². The van der Waals surface area contributed by atoms with Crippen molar-refractivity contribution in [2.24, 2.45) is 4.99 Å². The number of amidine groups is 1. The first-order valence-electron chi connectivity index (χ1n) is 9.89. The zero-order valence-corrected chi connectivity index (χ0v) is 19.5. The fourth-order valence-corrected chi connectivity index (χ4v) is 7.04. The molecule has 0 aliphatic carbocycles. The zero-order valence-electron chi connectivity index (χ0n) is 17.9. The lowest BCUT2D eigenvalue weighted by molar-refractivity contribution is -0.146. The smallest absolute Gasteiger partial charge is 0.298 e. The van der Waals surface area contributed by atoms with Gasteiger partial charge in [0, 0.05) is 26.4 Å². The SMILES string of the molecule is CN(C1CCCN2C(=O)C(=O)C(C(=O)NCc3ccc(F)cc3)N=C12)S(=O)(=O)CS(C)(=O)=O. The normalized spacial score (nSPS) is 21.6. The van der Waals surface area contributed by atoms with Gasteiger partial charge in [0.05, 0.1) is 6.04 Å². The number of fused-ring (bicyclic) bond motifs is 1. The lowest BCUT2D eigenvalue weighted by Crippen LogP contribution is -2.61. The van der Waals surface area contributed by atoms with Gasteiger partial charge in [0.15, 0.2) is 21.0 Å². The second-order valence-corrected chi connectivity index (χ2v) is 12.4. The molecule has 3 rings (SSSR count). The van der Waals surface area contributed by atoms with Crippen molar-refractivity contribution in [2.75, 3.05) is 24.9 Å². The predicted molar refractivity (Wildman–Crippen MR) is 116 cm³/mol. The monoisotopic (exact) mass is 502 g/mol. The number of aliphatic imine (C=N–C) groups is 1. The van der Waals surface area contributed by atoms with Crippen molar-refractivity contribution in [3.63, 3.8) is 0 Å². The van der Waals surface area contributed by atoms with E-state index in [0.717, 1.165) is 15.5 Å². The zero-order chi connectivity index (χ0) is 24.6. The minimum Gasteiger partial charge on any atom is -0.350 e. The van der Waals surface area contributed by atoms with Gasteiger partial charge in [0.1, 0.15) is 11.7 Å². The maximum absolute atomic E-state index is 13.0.